The number of nitrogens with two attached hydrogens (primary N) is 1. The monoisotopic (exact) mass is 255 g/mol. The van der Waals surface area contributed by atoms with E-state index >= 15 is 0 Å². The Hall–Kier alpha value is -2.34. The van der Waals surface area contributed by atoms with Crippen molar-refractivity contribution in [3.63, 3.8) is 0 Å². The molecule has 1 fully saturated rings. The Labute approximate surface area is 110 Å². The first-order valence-corrected chi connectivity index (χ1v) is 6.03. The largest absolute Gasteiger partial charge is 0.326 e. The minimum atomic E-state index is -0.138. The molecule has 0 spiro atoms. The highest BCUT2D eigenvalue weighted by molar-refractivity contribution is 5.94. The van der Waals surface area contributed by atoms with Gasteiger partial charge in [0.15, 0.2) is 0 Å². The standard InChI is InChI=1S/C13H13N5O/c14-10-7-12(19)18(8-10)13-16-6-3-11(17-13)9-1-4-15-5-2-9/h1-6,10H,7-8,14H2. The highest BCUT2D eigenvalue weighted by Gasteiger charge is 2.29. The molecule has 1 saturated heterocycles. The van der Waals surface area contributed by atoms with Crippen molar-refractivity contribution >= 4 is 11.9 Å². The lowest BCUT2D eigenvalue weighted by molar-refractivity contribution is -0.117. The lowest BCUT2D eigenvalue weighted by atomic mass is 10.2. The second kappa shape index (κ2) is 4.74. The number of amides is 1. The average molecular weight is 255 g/mol. The van der Waals surface area contributed by atoms with Crippen LogP contribution in [0.4, 0.5) is 5.95 Å². The van der Waals surface area contributed by atoms with Crippen molar-refractivity contribution in [3.8, 4) is 11.3 Å². The molecule has 0 bridgehead atoms. The van der Waals surface area contributed by atoms with Crippen LogP contribution in [0.15, 0.2) is 36.8 Å². The molecule has 6 heteroatoms. The van der Waals surface area contributed by atoms with Crippen LogP contribution in [0, 0.1) is 0 Å². The van der Waals surface area contributed by atoms with E-state index in [0.717, 1.165) is 11.3 Å². The summed E-state index contributed by atoms with van der Waals surface area (Å²) in [6.07, 6.45) is 5.40. The number of hydrogen-bond acceptors (Lipinski definition) is 5. The van der Waals surface area contributed by atoms with Gasteiger partial charge in [0.1, 0.15) is 0 Å². The van der Waals surface area contributed by atoms with Crippen LogP contribution >= 0.6 is 0 Å². The molecule has 1 aliphatic rings. The normalized spacial score (nSPS) is 18.9. The van der Waals surface area contributed by atoms with E-state index in [1.54, 1.807) is 24.7 Å². The van der Waals surface area contributed by atoms with Gasteiger partial charge < -0.3 is 5.73 Å². The third-order valence-corrected chi connectivity index (χ3v) is 3.02. The molecule has 0 radical (unpaired) electrons. The molecule has 1 aliphatic heterocycles. The number of carbonyl (C=O) groups excluding carboxylic acids is 1. The predicted octanol–water partition coefficient (Wildman–Crippen LogP) is 0.603. The van der Waals surface area contributed by atoms with Gasteiger partial charge >= 0.3 is 0 Å². The molecule has 1 atom stereocenters. The van der Waals surface area contributed by atoms with Crippen LogP contribution in [0.5, 0.6) is 0 Å². The molecule has 2 aromatic rings. The Morgan fingerprint density at radius 3 is 2.68 bits per heavy atom. The number of pyridine rings is 1. The summed E-state index contributed by atoms with van der Waals surface area (Å²) in [5.41, 5.74) is 7.48. The van der Waals surface area contributed by atoms with Crippen LogP contribution in [-0.2, 0) is 4.79 Å². The summed E-state index contributed by atoms with van der Waals surface area (Å²) in [5, 5.41) is 0. The molecule has 1 unspecified atom stereocenters. The minimum absolute atomic E-state index is 0.0284. The van der Waals surface area contributed by atoms with E-state index < -0.39 is 0 Å². The van der Waals surface area contributed by atoms with Crippen molar-refractivity contribution in [2.45, 2.75) is 12.5 Å². The van der Waals surface area contributed by atoms with E-state index in [9.17, 15) is 4.79 Å². The number of anilines is 1. The van der Waals surface area contributed by atoms with Gasteiger partial charge in [-0.2, -0.15) is 0 Å². The summed E-state index contributed by atoms with van der Waals surface area (Å²) in [6, 6.07) is 5.40. The molecular weight excluding hydrogens is 242 g/mol. The van der Waals surface area contributed by atoms with Gasteiger partial charge in [-0.3, -0.25) is 14.7 Å². The Morgan fingerprint density at radius 1 is 1.21 bits per heavy atom. The quantitative estimate of drug-likeness (QED) is 0.849. The summed E-state index contributed by atoms with van der Waals surface area (Å²) < 4.78 is 0. The fourth-order valence-corrected chi connectivity index (χ4v) is 2.09. The first kappa shape index (κ1) is 11.7. The molecule has 1 amide bonds. The van der Waals surface area contributed by atoms with Crippen molar-refractivity contribution in [2.75, 3.05) is 11.4 Å². The summed E-state index contributed by atoms with van der Waals surface area (Å²) in [7, 11) is 0. The lowest BCUT2D eigenvalue weighted by Gasteiger charge is -2.14. The molecule has 0 aliphatic carbocycles. The molecule has 3 rings (SSSR count). The molecule has 2 N–H and O–H groups in total. The molecule has 6 nitrogen and oxygen atoms in total. The molecule has 3 heterocycles. The molecule has 0 saturated carbocycles. The van der Waals surface area contributed by atoms with Crippen molar-refractivity contribution in [2.24, 2.45) is 5.73 Å². The van der Waals surface area contributed by atoms with E-state index in [0.29, 0.717) is 18.9 Å². The summed E-state index contributed by atoms with van der Waals surface area (Å²) in [6.45, 7) is 0.471. The highest BCUT2D eigenvalue weighted by atomic mass is 16.2. The van der Waals surface area contributed by atoms with Crippen LogP contribution in [0.2, 0.25) is 0 Å². The van der Waals surface area contributed by atoms with Crippen molar-refractivity contribution < 1.29 is 4.79 Å². The van der Waals surface area contributed by atoms with Crippen LogP contribution in [0.25, 0.3) is 11.3 Å². The van der Waals surface area contributed by atoms with E-state index in [4.69, 9.17) is 5.73 Å². The zero-order valence-corrected chi connectivity index (χ0v) is 10.2. The van der Waals surface area contributed by atoms with Gasteiger partial charge in [0.25, 0.3) is 0 Å². The van der Waals surface area contributed by atoms with Gasteiger partial charge in [-0.25, -0.2) is 9.97 Å². The lowest BCUT2D eigenvalue weighted by Crippen LogP contribution is -2.29. The van der Waals surface area contributed by atoms with E-state index in [1.807, 2.05) is 12.1 Å². The van der Waals surface area contributed by atoms with Crippen LogP contribution < -0.4 is 10.6 Å². The van der Waals surface area contributed by atoms with E-state index in [1.165, 1.54) is 4.90 Å². The summed E-state index contributed by atoms with van der Waals surface area (Å²) in [4.78, 5) is 25.9. The van der Waals surface area contributed by atoms with Gasteiger partial charge in [0.2, 0.25) is 11.9 Å². The highest BCUT2D eigenvalue weighted by Crippen LogP contribution is 2.21. The Morgan fingerprint density at radius 2 is 2.00 bits per heavy atom. The number of rotatable bonds is 2. The molecule has 0 aromatic carbocycles. The summed E-state index contributed by atoms with van der Waals surface area (Å²) >= 11 is 0. The second-order valence-electron chi connectivity index (χ2n) is 4.45. The number of hydrogen-bond donors (Lipinski definition) is 1. The maximum absolute atomic E-state index is 11.8. The Kier molecular flexibility index (Phi) is 2.92. The second-order valence-corrected chi connectivity index (χ2v) is 4.45. The first-order valence-electron chi connectivity index (χ1n) is 6.03. The summed E-state index contributed by atoms with van der Waals surface area (Å²) in [5.74, 6) is 0.381. The van der Waals surface area contributed by atoms with Gasteiger partial charge in [-0.15, -0.1) is 0 Å². The van der Waals surface area contributed by atoms with E-state index in [2.05, 4.69) is 15.0 Å². The van der Waals surface area contributed by atoms with Gasteiger partial charge in [-0.1, -0.05) is 0 Å². The third kappa shape index (κ3) is 2.30. The van der Waals surface area contributed by atoms with Crippen LogP contribution in [0.1, 0.15) is 6.42 Å². The fraction of sp³-hybridized carbons (Fsp3) is 0.231. The average Bonchev–Trinajstić information content (AvgIpc) is 2.79. The molecular formula is C13H13N5O. The maximum Gasteiger partial charge on any atom is 0.232 e. The topological polar surface area (TPSA) is 85.0 Å². The number of nitrogens with zero attached hydrogens (tertiary/aromatic N) is 4. The maximum atomic E-state index is 11.8. The van der Waals surface area contributed by atoms with Gasteiger partial charge in [-0.05, 0) is 18.2 Å². The smallest absolute Gasteiger partial charge is 0.232 e. The molecule has 19 heavy (non-hydrogen) atoms. The fourth-order valence-electron chi connectivity index (χ4n) is 2.09. The minimum Gasteiger partial charge on any atom is -0.326 e. The van der Waals surface area contributed by atoms with E-state index in [-0.39, 0.29) is 11.9 Å². The van der Waals surface area contributed by atoms with Crippen LogP contribution in [-0.4, -0.2) is 33.4 Å². The first-order chi connectivity index (χ1) is 9.24. The third-order valence-electron chi connectivity index (χ3n) is 3.02. The van der Waals surface area contributed by atoms with Gasteiger partial charge in [0, 0.05) is 43.2 Å². The van der Waals surface area contributed by atoms with Crippen molar-refractivity contribution in [3.05, 3.63) is 36.8 Å². The SMILES string of the molecule is NC1CC(=O)N(c2nccc(-c3ccncc3)n2)C1. The Balaban J connectivity index is 1.95. The van der Waals surface area contributed by atoms with Crippen LogP contribution in [0.3, 0.4) is 0 Å². The molecule has 2 aromatic heterocycles. The van der Waals surface area contributed by atoms with Gasteiger partial charge in [0.05, 0.1) is 5.69 Å². The zero-order chi connectivity index (χ0) is 13.2. The zero-order valence-electron chi connectivity index (χ0n) is 10.2. The molecule has 96 valence electrons. The number of aromatic nitrogens is 3. The Bertz CT molecular complexity index is 601. The predicted molar refractivity (Wildman–Crippen MR) is 70.2 cm³/mol. The number of carbonyl (C=O) groups is 1. The van der Waals surface area contributed by atoms with Crippen molar-refractivity contribution in [1.82, 2.24) is 15.0 Å². The van der Waals surface area contributed by atoms with Crippen molar-refractivity contribution in [1.29, 1.82) is 0 Å².